The van der Waals surface area contributed by atoms with E-state index >= 15 is 0 Å². The van der Waals surface area contributed by atoms with Crippen molar-refractivity contribution in [3.63, 3.8) is 0 Å². The minimum atomic E-state index is -0.0952. The lowest BCUT2D eigenvalue weighted by molar-refractivity contribution is -0.0102. The maximum atomic E-state index is 10.6. The van der Waals surface area contributed by atoms with E-state index in [1.807, 2.05) is 0 Å². The molecule has 0 bridgehead atoms. The molecule has 0 radical (unpaired) electrons. The number of benzene rings is 2. The van der Waals surface area contributed by atoms with Crippen molar-refractivity contribution in [2.75, 3.05) is 19.6 Å². The van der Waals surface area contributed by atoms with Crippen LogP contribution in [0.5, 0.6) is 0 Å². The predicted molar refractivity (Wildman–Crippen MR) is 103 cm³/mol. The maximum absolute atomic E-state index is 10.6. The van der Waals surface area contributed by atoms with Gasteiger partial charge in [-0.05, 0) is 43.4 Å². The van der Waals surface area contributed by atoms with E-state index in [2.05, 4.69) is 65.6 Å². The lowest BCUT2D eigenvalue weighted by Crippen LogP contribution is -2.48. The third-order valence-electron chi connectivity index (χ3n) is 6.39. The van der Waals surface area contributed by atoms with Crippen LogP contribution < -0.4 is 0 Å². The van der Waals surface area contributed by atoms with Gasteiger partial charge >= 0.3 is 0 Å². The standard InChI is InChI=1S/C23H29NO/c25-22-13-7-14-23(22)15-8-16-24(18-23)17-21(19-9-3-1-4-10-19)20-11-5-2-6-12-20/h1-6,9-12,21-22,25H,7-8,13-18H2/t22-,23-/m1/s1. The molecule has 0 unspecified atom stereocenters. The Kier molecular flexibility index (Phi) is 4.91. The second-order valence-electron chi connectivity index (χ2n) is 7.98. The van der Waals surface area contributed by atoms with E-state index in [1.54, 1.807) is 0 Å². The van der Waals surface area contributed by atoms with E-state index in [0.29, 0.717) is 5.92 Å². The normalized spacial score (nSPS) is 27.2. The molecule has 1 saturated heterocycles. The molecule has 1 saturated carbocycles. The van der Waals surface area contributed by atoms with Gasteiger partial charge < -0.3 is 10.0 Å². The summed E-state index contributed by atoms with van der Waals surface area (Å²) in [6.45, 7) is 3.26. The third-order valence-corrected chi connectivity index (χ3v) is 6.39. The monoisotopic (exact) mass is 335 g/mol. The second-order valence-corrected chi connectivity index (χ2v) is 7.98. The van der Waals surface area contributed by atoms with Crippen LogP contribution >= 0.6 is 0 Å². The Bertz CT molecular complexity index is 632. The van der Waals surface area contributed by atoms with E-state index in [1.165, 1.54) is 36.8 Å². The fourth-order valence-corrected chi connectivity index (χ4v) is 5.04. The molecule has 1 N–H and O–H groups in total. The van der Waals surface area contributed by atoms with Gasteiger partial charge in [0.15, 0.2) is 0 Å². The molecule has 1 aliphatic heterocycles. The van der Waals surface area contributed by atoms with E-state index in [4.69, 9.17) is 0 Å². The van der Waals surface area contributed by atoms with Crippen molar-refractivity contribution in [1.82, 2.24) is 4.90 Å². The number of hydrogen-bond donors (Lipinski definition) is 1. The molecule has 0 amide bonds. The largest absolute Gasteiger partial charge is 0.393 e. The summed E-state index contributed by atoms with van der Waals surface area (Å²) in [6.07, 6.45) is 5.71. The fraction of sp³-hybridized carbons (Fsp3) is 0.478. The Hall–Kier alpha value is -1.64. The lowest BCUT2D eigenvalue weighted by atomic mass is 9.76. The number of nitrogens with zero attached hydrogens (tertiary/aromatic N) is 1. The zero-order chi connectivity index (χ0) is 17.1. The minimum Gasteiger partial charge on any atom is -0.393 e. The summed E-state index contributed by atoms with van der Waals surface area (Å²) in [5.41, 5.74) is 2.94. The maximum Gasteiger partial charge on any atom is 0.0608 e. The van der Waals surface area contributed by atoms with Gasteiger partial charge in [0.1, 0.15) is 0 Å². The highest BCUT2D eigenvalue weighted by Crippen LogP contribution is 2.45. The van der Waals surface area contributed by atoms with Crippen molar-refractivity contribution < 1.29 is 5.11 Å². The van der Waals surface area contributed by atoms with Crippen LogP contribution in [0.2, 0.25) is 0 Å². The summed E-state index contributed by atoms with van der Waals surface area (Å²) in [5.74, 6) is 0.399. The Morgan fingerprint density at radius 3 is 2.08 bits per heavy atom. The molecule has 2 aliphatic rings. The zero-order valence-corrected chi connectivity index (χ0v) is 15.0. The van der Waals surface area contributed by atoms with E-state index < -0.39 is 0 Å². The van der Waals surface area contributed by atoms with E-state index in [-0.39, 0.29) is 11.5 Å². The van der Waals surface area contributed by atoms with Crippen LogP contribution in [-0.4, -0.2) is 35.7 Å². The Morgan fingerprint density at radius 1 is 0.920 bits per heavy atom. The van der Waals surface area contributed by atoms with Crippen LogP contribution in [-0.2, 0) is 0 Å². The van der Waals surface area contributed by atoms with Crippen LogP contribution in [0.4, 0.5) is 0 Å². The van der Waals surface area contributed by atoms with Gasteiger partial charge in [0.05, 0.1) is 6.10 Å². The van der Waals surface area contributed by atoms with Gasteiger partial charge in [0.2, 0.25) is 0 Å². The smallest absolute Gasteiger partial charge is 0.0608 e. The van der Waals surface area contributed by atoms with Gasteiger partial charge in [-0.3, -0.25) is 0 Å². The molecule has 4 rings (SSSR count). The van der Waals surface area contributed by atoms with Gasteiger partial charge in [-0.2, -0.15) is 0 Å². The Labute approximate surface area is 151 Å². The molecule has 132 valence electrons. The van der Waals surface area contributed by atoms with Gasteiger partial charge in [0.25, 0.3) is 0 Å². The molecular weight excluding hydrogens is 306 g/mol. The van der Waals surface area contributed by atoms with E-state index in [9.17, 15) is 5.11 Å². The molecule has 2 heteroatoms. The first-order chi connectivity index (χ1) is 12.3. The zero-order valence-electron chi connectivity index (χ0n) is 15.0. The third kappa shape index (κ3) is 3.51. The average molecular weight is 335 g/mol. The van der Waals surface area contributed by atoms with Crippen LogP contribution in [0.3, 0.4) is 0 Å². The van der Waals surface area contributed by atoms with Crippen molar-refractivity contribution in [1.29, 1.82) is 0 Å². The molecule has 1 aliphatic carbocycles. The van der Waals surface area contributed by atoms with Gasteiger partial charge in [0, 0.05) is 24.4 Å². The number of hydrogen-bond acceptors (Lipinski definition) is 2. The highest BCUT2D eigenvalue weighted by molar-refractivity contribution is 5.32. The summed E-state index contributed by atoms with van der Waals surface area (Å²) in [5, 5.41) is 10.6. The van der Waals surface area contributed by atoms with E-state index in [0.717, 1.165) is 26.1 Å². The van der Waals surface area contributed by atoms with Crippen LogP contribution in [0.1, 0.15) is 49.1 Å². The van der Waals surface area contributed by atoms with Crippen LogP contribution in [0.25, 0.3) is 0 Å². The quantitative estimate of drug-likeness (QED) is 0.892. The molecule has 2 aromatic carbocycles. The van der Waals surface area contributed by atoms with Crippen molar-refractivity contribution >= 4 is 0 Å². The molecule has 0 aromatic heterocycles. The molecule has 2 aromatic rings. The SMILES string of the molecule is O[C@@H]1CCC[C@]12CCCN(CC(c1ccccc1)c1ccccc1)C2. The van der Waals surface area contributed by atoms with Crippen molar-refractivity contribution in [3.8, 4) is 0 Å². The van der Waals surface area contributed by atoms with Crippen molar-refractivity contribution in [2.24, 2.45) is 5.41 Å². The van der Waals surface area contributed by atoms with Crippen molar-refractivity contribution in [2.45, 2.75) is 44.1 Å². The molecular formula is C23H29NO. The van der Waals surface area contributed by atoms with Gasteiger partial charge in [-0.1, -0.05) is 67.1 Å². The van der Waals surface area contributed by atoms with Gasteiger partial charge in [-0.25, -0.2) is 0 Å². The molecule has 2 fully saturated rings. The highest BCUT2D eigenvalue weighted by Gasteiger charge is 2.44. The van der Waals surface area contributed by atoms with Crippen molar-refractivity contribution in [3.05, 3.63) is 71.8 Å². The Balaban J connectivity index is 1.57. The predicted octanol–water partition coefficient (Wildman–Crippen LogP) is 4.45. The second kappa shape index (κ2) is 7.31. The summed E-state index contributed by atoms with van der Waals surface area (Å²) < 4.78 is 0. The highest BCUT2D eigenvalue weighted by atomic mass is 16.3. The van der Waals surface area contributed by atoms with Crippen LogP contribution in [0.15, 0.2) is 60.7 Å². The minimum absolute atomic E-state index is 0.0952. The number of aliphatic hydroxyl groups excluding tert-OH is 1. The Morgan fingerprint density at radius 2 is 1.52 bits per heavy atom. The van der Waals surface area contributed by atoms with Crippen LogP contribution in [0, 0.1) is 5.41 Å². The molecule has 2 nitrogen and oxygen atoms in total. The first-order valence-electron chi connectivity index (χ1n) is 9.77. The average Bonchev–Trinajstić information content (AvgIpc) is 3.01. The first-order valence-corrected chi connectivity index (χ1v) is 9.77. The summed E-state index contributed by atoms with van der Waals surface area (Å²) >= 11 is 0. The number of likely N-dealkylation sites (tertiary alicyclic amines) is 1. The number of rotatable bonds is 4. The lowest BCUT2D eigenvalue weighted by Gasteiger charge is -2.43. The summed E-state index contributed by atoms with van der Waals surface area (Å²) in [4.78, 5) is 2.61. The first kappa shape index (κ1) is 16.8. The molecule has 25 heavy (non-hydrogen) atoms. The van der Waals surface area contributed by atoms with Gasteiger partial charge in [-0.15, -0.1) is 0 Å². The fourth-order valence-electron chi connectivity index (χ4n) is 5.04. The number of piperidine rings is 1. The molecule has 1 heterocycles. The topological polar surface area (TPSA) is 23.5 Å². The summed E-state index contributed by atoms with van der Waals surface area (Å²) in [6, 6.07) is 21.8. The molecule has 2 atom stereocenters. The molecule has 1 spiro atoms. The summed E-state index contributed by atoms with van der Waals surface area (Å²) in [7, 11) is 0. The number of aliphatic hydroxyl groups is 1.